The van der Waals surface area contributed by atoms with Gasteiger partial charge in [-0.1, -0.05) is 48.8 Å². The molecule has 0 aliphatic carbocycles. The number of hydrogen-bond acceptors (Lipinski definition) is 6. The van der Waals surface area contributed by atoms with Crippen LogP contribution in [0.2, 0.25) is 0 Å². The van der Waals surface area contributed by atoms with E-state index in [2.05, 4.69) is 6.58 Å². The van der Waals surface area contributed by atoms with Gasteiger partial charge >= 0.3 is 5.97 Å². The Kier molecular flexibility index (Phi) is 5.81. The van der Waals surface area contributed by atoms with Crippen LogP contribution >= 0.6 is 24.0 Å². The van der Waals surface area contributed by atoms with Crippen molar-refractivity contribution in [1.82, 2.24) is 0 Å². The van der Waals surface area contributed by atoms with Crippen molar-refractivity contribution < 1.29 is 24.5 Å². The standard InChI is InChI=1S/C20H15NO5S2/c1-2-9-26-14-6-3-12(4-7-14)10-17-18(23)21(20(27)28-17)13-5-8-16(22)15(11-13)19(24)25/h2-8,10-11,22H,1,9H2,(H,24,25)/b17-10-. The first-order valence-electron chi connectivity index (χ1n) is 8.08. The second kappa shape index (κ2) is 8.28. The highest BCUT2D eigenvalue weighted by Gasteiger charge is 2.33. The molecule has 1 heterocycles. The summed E-state index contributed by atoms with van der Waals surface area (Å²) in [4.78, 5) is 25.7. The zero-order valence-electron chi connectivity index (χ0n) is 14.5. The average Bonchev–Trinajstić information content (AvgIpc) is 2.95. The third-order valence-electron chi connectivity index (χ3n) is 3.81. The Morgan fingerprint density at radius 2 is 1.96 bits per heavy atom. The van der Waals surface area contributed by atoms with Crippen molar-refractivity contribution in [3.8, 4) is 11.5 Å². The normalized spacial score (nSPS) is 15.1. The van der Waals surface area contributed by atoms with E-state index >= 15 is 0 Å². The van der Waals surface area contributed by atoms with Crippen LogP contribution in [0.15, 0.2) is 60.0 Å². The predicted molar refractivity (Wildman–Crippen MR) is 113 cm³/mol. The summed E-state index contributed by atoms with van der Waals surface area (Å²) in [5.74, 6) is -1.34. The highest BCUT2D eigenvalue weighted by molar-refractivity contribution is 8.27. The SMILES string of the molecule is C=CCOc1ccc(/C=C2\SC(=S)N(c3ccc(O)c(C(=O)O)c3)C2=O)cc1. The number of hydrogen-bond donors (Lipinski definition) is 2. The number of phenols is 1. The van der Waals surface area contributed by atoms with Gasteiger partial charge in [-0.2, -0.15) is 0 Å². The van der Waals surface area contributed by atoms with Crippen molar-refractivity contribution in [2.45, 2.75) is 0 Å². The first-order chi connectivity index (χ1) is 13.4. The van der Waals surface area contributed by atoms with Gasteiger partial charge in [0.25, 0.3) is 5.91 Å². The van der Waals surface area contributed by atoms with Crippen molar-refractivity contribution in [1.29, 1.82) is 0 Å². The van der Waals surface area contributed by atoms with Gasteiger partial charge in [-0.25, -0.2) is 4.79 Å². The van der Waals surface area contributed by atoms with E-state index in [0.717, 1.165) is 17.3 Å². The smallest absolute Gasteiger partial charge is 0.339 e. The van der Waals surface area contributed by atoms with E-state index in [-0.39, 0.29) is 27.2 Å². The van der Waals surface area contributed by atoms with Crippen molar-refractivity contribution in [3.05, 3.63) is 71.2 Å². The van der Waals surface area contributed by atoms with Crippen LogP contribution in [-0.4, -0.2) is 33.0 Å². The molecule has 2 aromatic rings. The molecule has 142 valence electrons. The Bertz CT molecular complexity index is 998. The number of nitrogens with zero attached hydrogens (tertiary/aromatic N) is 1. The zero-order valence-corrected chi connectivity index (χ0v) is 16.1. The Hall–Kier alpha value is -3.10. The van der Waals surface area contributed by atoms with Crippen LogP contribution in [0.25, 0.3) is 6.08 Å². The highest BCUT2D eigenvalue weighted by atomic mass is 32.2. The number of aromatic carboxylic acids is 1. The summed E-state index contributed by atoms with van der Waals surface area (Å²) < 4.78 is 5.71. The molecule has 1 saturated heterocycles. The molecule has 0 aromatic heterocycles. The van der Waals surface area contributed by atoms with Crippen LogP contribution in [0.4, 0.5) is 5.69 Å². The van der Waals surface area contributed by atoms with Crippen LogP contribution in [0.5, 0.6) is 11.5 Å². The van der Waals surface area contributed by atoms with Crippen molar-refractivity contribution in [2.24, 2.45) is 0 Å². The van der Waals surface area contributed by atoms with Gasteiger partial charge in [-0.05, 0) is 42.0 Å². The summed E-state index contributed by atoms with van der Waals surface area (Å²) in [6, 6.07) is 11.1. The Balaban J connectivity index is 1.85. The van der Waals surface area contributed by atoms with Gasteiger partial charge in [0.15, 0.2) is 4.32 Å². The van der Waals surface area contributed by atoms with E-state index in [1.54, 1.807) is 24.3 Å². The summed E-state index contributed by atoms with van der Waals surface area (Å²) in [5.41, 5.74) is 0.781. The van der Waals surface area contributed by atoms with Gasteiger partial charge in [-0.15, -0.1) is 0 Å². The molecular formula is C20H15NO5S2. The predicted octanol–water partition coefficient (Wildman–Crippen LogP) is 4.06. The molecular weight excluding hydrogens is 398 g/mol. The lowest BCUT2D eigenvalue weighted by molar-refractivity contribution is -0.113. The molecule has 1 amide bonds. The number of carboxylic acids is 1. The van der Waals surface area contributed by atoms with E-state index in [0.29, 0.717) is 17.3 Å². The quantitative estimate of drug-likeness (QED) is 0.419. The summed E-state index contributed by atoms with van der Waals surface area (Å²) in [5, 5.41) is 18.8. The number of ether oxygens (including phenoxy) is 1. The number of benzene rings is 2. The number of amides is 1. The molecule has 1 aliphatic heterocycles. The minimum atomic E-state index is -1.29. The van der Waals surface area contributed by atoms with Crippen LogP contribution in [0.1, 0.15) is 15.9 Å². The highest BCUT2D eigenvalue weighted by Crippen LogP contribution is 2.37. The number of carbonyl (C=O) groups is 2. The molecule has 0 saturated carbocycles. The van der Waals surface area contributed by atoms with E-state index in [4.69, 9.17) is 22.1 Å². The second-order valence-corrected chi connectivity index (χ2v) is 7.37. The molecule has 1 fully saturated rings. The van der Waals surface area contributed by atoms with E-state index in [9.17, 15) is 14.7 Å². The lowest BCUT2D eigenvalue weighted by atomic mass is 10.1. The number of carbonyl (C=O) groups excluding carboxylic acids is 1. The van der Waals surface area contributed by atoms with Gasteiger partial charge in [0.2, 0.25) is 0 Å². The zero-order chi connectivity index (χ0) is 20.3. The summed E-state index contributed by atoms with van der Waals surface area (Å²) in [6.45, 7) is 4.00. The van der Waals surface area contributed by atoms with Gasteiger partial charge in [0.05, 0.1) is 10.6 Å². The summed E-state index contributed by atoms with van der Waals surface area (Å²) in [7, 11) is 0. The van der Waals surface area contributed by atoms with Gasteiger partial charge < -0.3 is 14.9 Å². The number of carboxylic acid groups (broad SMARTS) is 1. The number of thioether (sulfide) groups is 1. The Morgan fingerprint density at radius 3 is 2.61 bits per heavy atom. The number of rotatable bonds is 6. The van der Waals surface area contributed by atoms with Crippen molar-refractivity contribution in [3.63, 3.8) is 0 Å². The maximum Gasteiger partial charge on any atom is 0.339 e. The maximum absolute atomic E-state index is 12.8. The minimum absolute atomic E-state index is 0.282. The molecule has 0 unspecified atom stereocenters. The fraction of sp³-hybridized carbons (Fsp3) is 0.0500. The average molecular weight is 413 g/mol. The lowest BCUT2D eigenvalue weighted by Crippen LogP contribution is -2.27. The molecule has 0 atom stereocenters. The molecule has 2 N–H and O–H groups in total. The topological polar surface area (TPSA) is 87.1 Å². The number of anilines is 1. The number of aromatic hydroxyl groups is 1. The largest absolute Gasteiger partial charge is 0.507 e. The molecule has 3 rings (SSSR count). The van der Waals surface area contributed by atoms with Crippen LogP contribution in [0, 0.1) is 0 Å². The van der Waals surface area contributed by atoms with E-state index in [1.807, 2.05) is 12.1 Å². The first kappa shape index (κ1) is 19.7. The lowest BCUT2D eigenvalue weighted by Gasteiger charge is -2.15. The van der Waals surface area contributed by atoms with Crippen molar-refractivity contribution >= 4 is 51.9 Å². The number of thiocarbonyl (C=S) groups is 1. The molecule has 0 radical (unpaired) electrons. The van der Waals surface area contributed by atoms with Gasteiger partial charge in [-0.3, -0.25) is 9.69 Å². The monoisotopic (exact) mass is 413 g/mol. The molecule has 2 aromatic carbocycles. The molecule has 0 bridgehead atoms. The molecule has 6 nitrogen and oxygen atoms in total. The molecule has 1 aliphatic rings. The maximum atomic E-state index is 12.8. The fourth-order valence-electron chi connectivity index (χ4n) is 2.49. The van der Waals surface area contributed by atoms with Crippen LogP contribution in [0.3, 0.4) is 0 Å². The van der Waals surface area contributed by atoms with Gasteiger partial charge in [0.1, 0.15) is 23.7 Å². The molecule has 8 heteroatoms. The van der Waals surface area contributed by atoms with Crippen molar-refractivity contribution in [2.75, 3.05) is 11.5 Å². The summed E-state index contributed by atoms with van der Waals surface area (Å²) >= 11 is 6.41. The molecule has 28 heavy (non-hydrogen) atoms. The second-order valence-electron chi connectivity index (χ2n) is 5.69. The first-order valence-corrected chi connectivity index (χ1v) is 9.31. The third kappa shape index (κ3) is 4.08. The minimum Gasteiger partial charge on any atom is -0.507 e. The Morgan fingerprint density at radius 1 is 1.25 bits per heavy atom. The van der Waals surface area contributed by atoms with E-state index < -0.39 is 5.97 Å². The third-order valence-corrected chi connectivity index (χ3v) is 5.11. The summed E-state index contributed by atoms with van der Waals surface area (Å²) in [6.07, 6.45) is 3.35. The Labute approximate surface area is 170 Å². The van der Waals surface area contributed by atoms with E-state index in [1.165, 1.54) is 23.1 Å². The molecule has 0 spiro atoms. The van der Waals surface area contributed by atoms with Gasteiger partial charge in [0, 0.05) is 0 Å². The van der Waals surface area contributed by atoms with Crippen LogP contribution < -0.4 is 9.64 Å². The van der Waals surface area contributed by atoms with Crippen LogP contribution in [-0.2, 0) is 4.79 Å². The fourth-order valence-corrected chi connectivity index (χ4v) is 3.79.